The molecule has 1 fully saturated rings. The molecule has 19 heavy (non-hydrogen) atoms. The third-order valence-electron chi connectivity index (χ3n) is 3.51. The van der Waals surface area contributed by atoms with Crippen molar-refractivity contribution in [3.05, 3.63) is 0 Å². The van der Waals surface area contributed by atoms with Crippen LogP contribution in [0, 0.1) is 5.92 Å². The number of ether oxygens (including phenoxy) is 1. The maximum atomic E-state index is 11.9. The summed E-state index contributed by atoms with van der Waals surface area (Å²) >= 11 is 0. The van der Waals surface area contributed by atoms with Gasteiger partial charge in [0.05, 0.1) is 11.4 Å². The molecule has 0 aromatic heterocycles. The third kappa shape index (κ3) is 7.25. The van der Waals surface area contributed by atoms with Crippen molar-refractivity contribution < 1.29 is 13.2 Å². The van der Waals surface area contributed by atoms with Crippen LogP contribution in [0.25, 0.3) is 0 Å². The molecule has 0 saturated carbocycles. The van der Waals surface area contributed by atoms with Gasteiger partial charge in [-0.1, -0.05) is 0 Å². The fourth-order valence-corrected chi connectivity index (χ4v) is 3.65. The Hall–Kier alpha value is -0.170. The van der Waals surface area contributed by atoms with Crippen LogP contribution in [0.15, 0.2) is 0 Å². The maximum Gasteiger partial charge on any atom is 0.211 e. The van der Waals surface area contributed by atoms with Crippen molar-refractivity contribution >= 4 is 10.0 Å². The highest BCUT2D eigenvalue weighted by Crippen LogP contribution is 2.16. The average molecular weight is 292 g/mol. The lowest BCUT2D eigenvalue weighted by Crippen LogP contribution is -2.41. The van der Waals surface area contributed by atoms with E-state index in [1.807, 2.05) is 20.8 Å². The predicted octanol–water partition coefficient (Wildman–Crippen LogP) is 1.11. The van der Waals surface area contributed by atoms with E-state index in [2.05, 4.69) is 10.0 Å². The molecule has 1 aliphatic heterocycles. The van der Waals surface area contributed by atoms with Crippen LogP contribution in [-0.2, 0) is 14.8 Å². The number of rotatable bonds is 8. The molecule has 0 radical (unpaired) electrons. The Morgan fingerprint density at radius 3 is 2.53 bits per heavy atom. The molecule has 0 unspecified atom stereocenters. The van der Waals surface area contributed by atoms with E-state index in [9.17, 15) is 8.42 Å². The van der Waals surface area contributed by atoms with Crippen molar-refractivity contribution in [2.45, 2.75) is 45.6 Å². The molecule has 1 heterocycles. The molecule has 0 bridgehead atoms. The minimum absolute atomic E-state index is 0.222. The van der Waals surface area contributed by atoms with Crippen LogP contribution in [0.4, 0.5) is 0 Å². The van der Waals surface area contributed by atoms with E-state index in [0.29, 0.717) is 19.1 Å². The molecule has 1 aliphatic rings. The molecule has 1 rings (SSSR count). The Balaban J connectivity index is 2.31. The monoisotopic (exact) mass is 292 g/mol. The SMILES string of the molecule is CCOC(C)(C)CNS(=O)(=O)CCC1CCNCC1. The second-order valence-corrected chi connectivity index (χ2v) is 7.74. The number of hydrogen-bond acceptors (Lipinski definition) is 4. The zero-order valence-corrected chi connectivity index (χ0v) is 13.2. The van der Waals surface area contributed by atoms with Crippen molar-refractivity contribution in [1.29, 1.82) is 0 Å². The summed E-state index contributed by atoms with van der Waals surface area (Å²) in [7, 11) is -3.18. The first-order valence-electron chi connectivity index (χ1n) is 7.16. The summed E-state index contributed by atoms with van der Waals surface area (Å²) in [5, 5.41) is 3.29. The Bertz CT molecular complexity index is 349. The Morgan fingerprint density at radius 2 is 1.95 bits per heavy atom. The van der Waals surface area contributed by atoms with Gasteiger partial charge in [0, 0.05) is 13.2 Å². The van der Waals surface area contributed by atoms with Crippen LogP contribution >= 0.6 is 0 Å². The number of nitrogens with one attached hydrogen (secondary N) is 2. The normalized spacial score (nSPS) is 18.7. The summed E-state index contributed by atoms with van der Waals surface area (Å²) in [6.07, 6.45) is 2.92. The van der Waals surface area contributed by atoms with Crippen molar-refractivity contribution in [3.63, 3.8) is 0 Å². The lowest BCUT2D eigenvalue weighted by molar-refractivity contribution is -0.00515. The van der Waals surface area contributed by atoms with Gasteiger partial charge in [-0.05, 0) is 59.0 Å². The number of hydrogen-bond donors (Lipinski definition) is 2. The van der Waals surface area contributed by atoms with Crippen molar-refractivity contribution in [3.8, 4) is 0 Å². The van der Waals surface area contributed by atoms with Crippen LogP contribution in [0.5, 0.6) is 0 Å². The Labute approximate surface area is 117 Å². The molecule has 114 valence electrons. The molecule has 5 nitrogen and oxygen atoms in total. The highest BCUT2D eigenvalue weighted by Gasteiger charge is 2.22. The molecule has 0 aromatic carbocycles. The van der Waals surface area contributed by atoms with Crippen LogP contribution in [-0.4, -0.2) is 46.0 Å². The van der Waals surface area contributed by atoms with Crippen LogP contribution in [0.1, 0.15) is 40.0 Å². The van der Waals surface area contributed by atoms with Crippen molar-refractivity contribution in [1.82, 2.24) is 10.0 Å². The fourth-order valence-electron chi connectivity index (χ4n) is 2.29. The van der Waals surface area contributed by atoms with E-state index < -0.39 is 15.6 Å². The minimum atomic E-state index is -3.18. The molecular formula is C13H28N2O3S. The standard InChI is InChI=1S/C13H28N2O3S/c1-4-18-13(2,3)11-15-19(16,17)10-7-12-5-8-14-9-6-12/h12,14-15H,4-11H2,1-3H3. The van der Waals surface area contributed by atoms with Crippen molar-refractivity contribution in [2.24, 2.45) is 5.92 Å². The summed E-state index contributed by atoms with van der Waals surface area (Å²) in [5.74, 6) is 0.762. The quantitative estimate of drug-likeness (QED) is 0.703. The summed E-state index contributed by atoms with van der Waals surface area (Å²) < 4.78 is 32.0. The first-order chi connectivity index (χ1) is 8.85. The summed E-state index contributed by atoms with van der Waals surface area (Å²) in [4.78, 5) is 0. The number of piperidine rings is 1. The molecule has 0 amide bonds. The van der Waals surface area contributed by atoms with E-state index in [0.717, 1.165) is 32.4 Å². The highest BCUT2D eigenvalue weighted by atomic mass is 32.2. The van der Waals surface area contributed by atoms with Gasteiger partial charge in [0.25, 0.3) is 0 Å². The fraction of sp³-hybridized carbons (Fsp3) is 1.00. The van der Waals surface area contributed by atoms with Gasteiger partial charge in [-0.3, -0.25) is 0 Å². The highest BCUT2D eigenvalue weighted by molar-refractivity contribution is 7.89. The molecule has 2 N–H and O–H groups in total. The second kappa shape index (κ2) is 7.57. The van der Waals surface area contributed by atoms with Gasteiger partial charge in [-0.25, -0.2) is 13.1 Å². The lowest BCUT2D eigenvalue weighted by atomic mass is 9.96. The van der Waals surface area contributed by atoms with Crippen LogP contribution in [0.2, 0.25) is 0 Å². The maximum absolute atomic E-state index is 11.9. The smallest absolute Gasteiger partial charge is 0.211 e. The molecule has 1 saturated heterocycles. The van der Waals surface area contributed by atoms with Gasteiger partial charge in [0.15, 0.2) is 0 Å². The topological polar surface area (TPSA) is 67.4 Å². The summed E-state index contributed by atoms with van der Waals surface area (Å²) in [6, 6.07) is 0. The van der Waals surface area contributed by atoms with E-state index in [4.69, 9.17) is 4.74 Å². The summed E-state index contributed by atoms with van der Waals surface area (Å²) in [6.45, 7) is 8.63. The Kier molecular flexibility index (Phi) is 6.73. The second-order valence-electron chi connectivity index (χ2n) is 5.81. The van der Waals surface area contributed by atoms with Gasteiger partial charge >= 0.3 is 0 Å². The molecular weight excluding hydrogens is 264 g/mol. The van der Waals surface area contributed by atoms with Crippen LogP contribution < -0.4 is 10.0 Å². The van der Waals surface area contributed by atoms with E-state index in [-0.39, 0.29) is 5.75 Å². The first kappa shape index (κ1) is 16.9. The van der Waals surface area contributed by atoms with Crippen LogP contribution in [0.3, 0.4) is 0 Å². The third-order valence-corrected chi connectivity index (χ3v) is 4.86. The van der Waals surface area contributed by atoms with Crippen molar-refractivity contribution in [2.75, 3.05) is 32.0 Å². The molecule has 0 aromatic rings. The molecule has 0 atom stereocenters. The largest absolute Gasteiger partial charge is 0.375 e. The predicted molar refractivity (Wildman–Crippen MR) is 77.7 cm³/mol. The zero-order chi connectivity index (χ0) is 14.4. The zero-order valence-electron chi connectivity index (χ0n) is 12.4. The molecule has 6 heteroatoms. The van der Waals surface area contributed by atoms with Gasteiger partial charge in [0.2, 0.25) is 10.0 Å². The average Bonchev–Trinajstić information content (AvgIpc) is 2.36. The summed E-state index contributed by atoms with van der Waals surface area (Å²) in [5.41, 5.74) is -0.448. The number of sulfonamides is 1. The van der Waals surface area contributed by atoms with E-state index in [1.54, 1.807) is 0 Å². The van der Waals surface area contributed by atoms with Gasteiger partial charge < -0.3 is 10.1 Å². The minimum Gasteiger partial charge on any atom is -0.375 e. The molecule has 0 aliphatic carbocycles. The van der Waals surface area contributed by atoms with E-state index >= 15 is 0 Å². The lowest BCUT2D eigenvalue weighted by Gasteiger charge is -2.25. The Morgan fingerprint density at radius 1 is 1.32 bits per heavy atom. The first-order valence-corrected chi connectivity index (χ1v) is 8.82. The van der Waals surface area contributed by atoms with E-state index in [1.165, 1.54) is 0 Å². The van der Waals surface area contributed by atoms with Gasteiger partial charge in [0.1, 0.15) is 0 Å². The molecule has 0 spiro atoms. The van der Waals surface area contributed by atoms with Gasteiger partial charge in [-0.15, -0.1) is 0 Å². The van der Waals surface area contributed by atoms with Gasteiger partial charge in [-0.2, -0.15) is 0 Å².